The molecule has 0 aromatic rings. The lowest BCUT2D eigenvalue weighted by atomic mass is 10.8. The van der Waals surface area contributed by atoms with E-state index in [1.54, 1.807) is 0 Å². The molecule has 0 aromatic carbocycles. The van der Waals surface area contributed by atoms with Gasteiger partial charge in [0.2, 0.25) is 13.0 Å². The Morgan fingerprint density at radius 2 is 1.77 bits per heavy atom. The van der Waals surface area contributed by atoms with Gasteiger partial charge in [0.15, 0.2) is 9.84 Å². The molecular formula is C4H8F3O4PS. The van der Waals surface area contributed by atoms with Crippen molar-refractivity contribution in [3.63, 3.8) is 0 Å². The molecule has 0 spiro atoms. The van der Waals surface area contributed by atoms with E-state index < -0.39 is 29.0 Å². The van der Waals surface area contributed by atoms with Crippen LogP contribution in [0, 0.1) is 0 Å². The van der Waals surface area contributed by atoms with E-state index in [2.05, 4.69) is 4.52 Å². The fourth-order valence-electron chi connectivity index (χ4n) is 0.658. The summed E-state index contributed by atoms with van der Waals surface area (Å²) in [6.07, 6.45) is -4.69. The maximum absolute atomic E-state index is 12.0. The first-order chi connectivity index (χ1) is 5.60. The molecule has 0 saturated carbocycles. The summed E-state index contributed by atoms with van der Waals surface area (Å²) in [5.74, 6) is 0. The molecule has 0 rings (SSSR count). The molecule has 0 aliphatic heterocycles. The summed E-state index contributed by atoms with van der Waals surface area (Å²) in [5.41, 5.74) is 0. The van der Waals surface area contributed by atoms with Crippen molar-refractivity contribution in [3.8, 4) is 0 Å². The van der Waals surface area contributed by atoms with Crippen LogP contribution in [0.1, 0.15) is 0 Å². The van der Waals surface area contributed by atoms with Gasteiger partial charge >= 0.3 is 6.18 Å². The van der Waals surface area contributed by atoms with Gasteiger partial charge in [-0.3, -0.25) is 4.57 Å². The minimum Gasteiger partial charge on any atom is -0.333 e. The van der Waals surface area contributed by atoms with Gasteiger partial charge in [-0.15, -0.1) is 0 Å². The quantitative estimate of drug-likeness (QED) is 0.691. The van der Waals surface area contributed by atoms with Gasteiger partial charge < -0.3 is 4.52 Å². The van der Waals surface area contributed by atoms with E-state index in [1.165, 1.54) is 0 Å². The topological polar surface area (TPSA) is 60.4 Å². The maximum Gasteiger partial charge on any atom is 0.414 e. The lowest BCUT2D eigenvalue weighted by Gasteiger charge is -2.16. The van der Waals surface area contributed by atoms with Crippen LogP contribution in [0.25, 0.3) is 0 Å². The van der Waals surface area contributed by atoms with E-state index in [-0.39, 0.29) is 0 Å². The molecule has 0 aromatic heterocycles. The molecule has 0 bridgehead atoms. The van der Waals surface area contributed by atoms with Crippen molar-refractivity contribution in [2.75, 3.05) is 13.4 Å². The first-order valence-electron chi connectivity index (χ1n) is 2.94. The van der Waals surface area contributed by atoms with Crippen molar-refractivity contribution >= 4 is 17.9 Å². The third kappa shape index (κ3) is 3.66. The van der Waals surface area contributed by atoms with Crippen LogP contribution in [0.15, 0.2) is 0 Å². The SMILES string of the molecule is CO[PH](=O)C(C(F)(F)F)S(C)(=O)=O. The first-order valence-corrected chi connectivity index (χ1v) is 6.29. The molecule has 80 valence electrons. The average molecular weight is 240 g/mol. The van der Waals surface area contributed by atoms with E-state index in [4.69, 9.17) is 0 Å². The van der Waals surface area contributed by atoms with E-state index in [0.717, 1.165) is 7.11 Å². The third-order valence-electron chi connectivity index (χ3n) is 1.14. The minimum absolute atomic E-state index is 0.368. The number of halogens is 3. The van der Waals surface area contributed by atoms with Crippen LogP contribution in [0.5, 0.6) is 0 Å². The highest BCUT2D eigenvalue weighted by Gasteiger charge is 2.51. The number of alkyl halides is 3. The monoisotopic (exact) mass is 240 g/mol. The molecule has 0 radical (unpaired) electrons. The Morgan fingerprint density at radius 3 is 1.85 bits per heavy atom. The van der Waals surface area contributed by atoms with Gasteiger partial charge in [0.25, 0.3) is 0 Å². The Morgan fingerprint density at radius 1 is 1.38 bits per heavy atom. The molecule has 2 atom stereocenters. The minimum atomic E-state index is -5.06. The zero-order valence-corrected chi connectivity index (χ0v) is 8.57. The highest BCUT2D eigenvalue weighted by Crippen LogP contribution is 2.42. The Hall–Kier alpha value is -0.0700. The second kappa shape index (κ2) is 3.98. The molecule has 0 saturated heterocycles. The van der Waals surface area contributed by atoms with Crippen molar-refractivity contribution < 1.29 is 30.7 Å². The van der Waals surface area contributed by atoms with Gasteiger partial charge in [0, 0.05) is 13.4 Å². The zero-order valence-electron chi connectivity index (χ0n) is 6.75. The van der Waals surface area contributed by atoms with Crippen molar-refractivity contribution in [2.24, 2.45) is 0 Å². The Kier molecular flexibility index (Phi) is 3.96. The van der Waals surface area contributed by atoms with Gasteiger partial charge in [0.05, 0.1) is 0 Å². The summed E-state index contributed by atoms with van der Waals surface area (Å²) in [6.45, 7) is 0. The van der Waals surface area contributed by atoms with Crippen molar-refractivity contribution in [1.82, 2.24) is 0 Å². The molecule has 2 unspecified atom stereocenters. The van der Waals surface area contributed by atoms with Gasteiger partial charge in [-0.25, -0.2) is 8.42 Å². The Bertz CT molecular complexity index is 295. The van der Waals surface area contributed by atoms with Crippen LogP contribution < -0.4 is 0 Å². The molecule has 0 aliphatic carbocycles. The van der Waals surface area contributed by atoms with Crippen LogP contribution in [-0.2, 0) is 18.9 Å². The molecule has 0 amide bonds. The Balaban J connectivity index is 5.14. The van der Waals surface area contributed by atoms with Crippen molar-refractivity contribution in [3.05, 3.63) is 0 Å². The van der Waals surface area contributed by atoms with Crippen LogP contribution in [0.2, 0.25) is 0 Å². The number of hydrogen-bond donors (Lipinski definition) is 0. The average Bonchev–Trinajstić information content (AvgIpc) is 1.80. The van der Waals surface area contributed by atoms with Gasteiger partial charge in [-0.2, -0.15) is 13.2 Å². The van der Waals surface area contributed by atoms with Gasteiger partial charge in [-0.05, 0) is 0 Å². The summed E-state index contributed by atoms with van der Waals surface area (Å²) in [7, 11) is -7.33. The van der Waals surface area contributed by atoms with Crippen LogP contribution in [-0.4, -0.2) is 33.0 Å². The molecule has 13 heavy (non-hydrogen) atoms. The maximum atomic E-state index is 12.0. The molecular weight excluding hydrogens is 232 g/mol. The van der Waals surface area contributed by atoms with E-state index in [0.29, 0.717) is 6.26 Å². The highest BCUT2D eigenvalue weighted by molar-refractivity contribution is 7.96. The normalized spacial score (nSPS) is 18.2. The number of rotatable bonds is 3. The predicted molar refractivity (Wildman–Crippen MR) is 40.7 cm³/mol. The largest absolute Gasteiger partial charge is 0.414 e. The number of sulfone groups is 1. The smallest absolute Gasteiger partial charge is 0.333 e. The fourth-order valence-corrected chi connectivity index (χ4v) is 3.31. The summed E-state index contributed by atoms with van der Waals surface area (Å²) in [4.78, 5) is -2.91. The molecule has 0 aliphatic rings. The van der Waals surface area contributed by atoms with Gasteiger partial charge in [-0.1, -0.05) is 0 Å². The fraction of sp³-hybridized carbons (Fsp3) is 1.00. The summed E-state index contributed by atoms with van der Waals surface area (Å²) >= 11 is 0. The lowest BCUT2D eigenvalue weighted by molar-refractivity contribution is -0.116. The summed E-state index contributed by atoms with van der Waals surface area (Å²) < 4.78 is 71.8. The standard InChI is InChI=1S/C4H8F3O4PS/c1-11-12(8)3(4(5,6)7)13(2,9)10/h3,12H,1-2H3. The predicted octanol–water partition coefficient (Wildman–Crippen LogP) is 1.04. The molecule has 0 fully saturated rings. The van der Waals surface area contributed by atoms with Crippen LogP contribution in [0.3, 0.4) is 0 Å². The summed E-state index contributed by atoms with van der Waals surface area (Å²) in [5, 5.41) is 0. The molecule has 9 heteroatoms. The lowest BCUT2D eigenvalue weighted by Crippen LogP contribution is -2.33. The van der Waals surface area contributed by atoms with E-state index in [1.807, 2.05) is 0 Å². The van der Waals surface area contributed by atoms with E-state index in [9.17, 15) is 26.2 Å². The zero-order chi connectivity index (χ0) is 10.9. The van der Waals surface area contributed by atoms with E-state index >= 15 is 0 Å². The van der Waals surface area contributed by atoms with Crippen molar-refractivity contribution in [1.29, 1.82) is 0 Å². The van der Waals surface area contributed by atoms with Gasteiger partial charge in [0.1, 0.15) is 0 Å². The van der Waals surface area contributed by atoms with Crippen LogP contribution in [0.4, 0.5) is 13.2 Å². The Labute approximate surface area is 73.9 Å². The second-order valence-corrected chi connectivity index (χ2v) is 6.45. The molecule has 0 heterocycles. The number of hydrogen-bond acceptors (Lipinski definition) is 4. The summed E-state index contributed by atoms with van der Waals surface area (Å²) in [6, 6.07) is 0. The highest BCUT2D eigenvalue weighted by atomic mass is 32.2. The third-order valence-corrected chi connectivity index (χ3v) is 5.28. The first kappa shape index (κ1) is 12.9. The second-order valence-electron chi connectivity index (χ2n) is 2.27. The molecule has 0 N–H and O–H groups in total. The van der Waals surface area contributed by atoms with Crippen LogP contribution >= 0.6 is 8.03 Å². The van der Waals surface area contributed by atoms with Crippen molar-refractivity contribution in [2.45, 2.75) is 11.2 Å². The molecule has 4 nitrogen and oxygen atoms in total.